The number of carbonyl (C=O) groups is 2. The molecule has 2 aromatic rings. The van der Waals surface area contributed by atoms with E-state index in [1.54, 1.807) is 4.90 Å². The molecule has 3 amide bonds. The van der Waals surface area contributed by atoms with Crippen LogP contribution in [0, 0.1) is 5.92 Å². The van der Waals surface area contributed by atoms with Gasteiger partial charge in [0.05, 0.1) is 12.5 Å². The normalized spacial score (nSPS) is 16.8. The molecule has 136 valence electrons. The Bertz CT molecular complexity index is 722. The molecule has 1 atom stereocenters. The number of nitrogens with one attached hydrogen (secondary N) is 2. The average molecular weight is 353 g/mol. The average Bonchev–Trinajstić information content (AvgIpc) is 2.69. The highest BCUT2D eigenvalue weighted by atomic mass is 16.6. The lowest BCUT2D eigenvalue weighted by molar-refractivity contribution is -0.140. The van der Waals surface area contributed by atoms with Gasteiger partial charge in [0.25, 0.3) is 0 Å². The number of hydroxylamine groups is 1. The molecule has 0 aliphatic carbocycles. The molecule has 0 aromatic heterocycles. The summed E-state index contributed by atoms with van der Waals surface area (Å²) in [6, 6.07) is 18.8. The van der Waals surface area contributed by atoms with Crippen molar-refractivity contribution in [3.8, 4) is 0 Å². The standard InChI is InChI=1S/C20H23N3O3/c24-19(22-26-15-16-8-3-1-4-9-16)17-10-7-13-23(14-17)20(25)21-18-11-5-2-6-12-18/h1-6,8-9,11-12,17H,7,10,13-15H2,(H,21,25)(H,22,24). The Morgan fingerprint density at radius 2 is 1.73 bits per heavy atom. The van der Waals surface area contributed by atoms with Crippen molar-refractivity contribution in [2.75, 3.05) is 18.4 Å². The van der Waals surface area contributed by atoms with Crippen LogP contribution in [-0.2, 0) is 16.2 Å². The van der Waals surface area contributed by atoms with Gasteiger partial charge in [-0.2, -0.15) is 0 Å². The highest BCUT2D eigenvalue weighted by Gasteiger charge is 2.28. The smallest absolute Gasteiger partial charge is 0.321 e. The Morgan fingerprint density at radius 3 is 2.46 bits per heavy atom. The van der Waals surface area contributed by atoms with Gasteiger partial charge in [-0.15, -0.1) is 0 Å². The zero-order chi connectivity index (χ0) is 18.2. The first kappa shape index (κ1) is 17.9. The molecule has 26 heavy (non-hydrogen) atoms. The van der Waals surface area contributed by atoms with E-state index in [2.05, 4.69) is 10.8 Å². The second kappa shape index (κ2) is 9.01. The molecule has 1 fully saturated rings. The van der Waals surface area contributed by atoms with Crippen LogP contribution in [0.3, 0.4) is 0 Å². The first-order valence-corrected chi connectivity index (χ1v) is 8.79. The van der Waals surface area contributed by atoms with E-state index in [1.165, 1.54) is 0 Å². The Kier molecular flexibility index (Phi) is 6.22. The number of rotatable bonds is 5. The van der Waals surface area contributed by atoms with Gasteiger partial charge in [0.2, 0.25) is 5.91 Å². The fraction of sp³-hybridized carbons (Fsp3) is 0.300. The van der Waals surface area contributed by atoms with Crippen LogP contribution in [0.1, 0.15) is 18.4 Å². The van der Waals surface area contributed by atoms with E-state index in [9.17, 15) is 9.59 Å². The summed E-state index contributed by atoms with van der Waals surface area (Å²) >= 11 is 0. The number of hydrogen-bond donors (Lipinski definition) is 2. The van der Waals surface area contributed by atoms with Crippen LogP contribution < -0.4 is 10.8 Å². The minimum Gasteiger partial charge on any atom is -0.324 e. The van der Waals surface area contributed by atoms with E-state index in [4.69, 9.17) is 4.84 Å². The van der Waals surface area contributed by atoms with Gasteiger partial charge in [-0.25, -0.2) is 10.3 Å². The summed E-state index contributed by atoms with van der Waals surface area (Å²) in [5.74, 6) is -0.445. The van der Waals surface area contributed by atoms with Gasteiger partial charge in [0.15, 0.2) is 0 Å². The van der Waals surface area contributed by atoms with Gasteiger partial charge in [-0.05, 0) is 30.5 Å². The summed E-state index contributed by atoms with van der Waals surface area (Å²) in [4.78, 5) is 31.7. The molecule has 1 unspecified atom stereocenters. The van der Waals surface area contributed by atoms with Crippen molar-refractivity contribution >= 4 is 17.6 Å². The molecule has 1 saturated heterocycles. The van der Waals surface area contributed by atoms with E-state index in [0.717, 1.165) is 24.1 Å². The van der Waals surface area contributed by atoms with Gasteiger partial charge in [0.1, 0.15) is 0 Å². The molecule has 3 rings (SSSR count). The number of para-hydroxylation sites is 1. The number of piperidine rings is 1. The van der Waals surface area contributed by atoms with E-state index in [1.807, 2.05) is 60.7 Å². The van der Waals surface area contributed by atoms with Crippen molar-refractivity contribution in [1.29, 1.82) is 0 Å². The lowest BCUT2D eigenvalue weighted by Gasteiger charge is -2.31. The number of carbonyl (C=O) groups excluding carboxylic acids is 2. The first-order valence-electron chi connectivity index (χ1n) is 8.79. The first-order chi connectivity index (χ1) is 12.7. The van der Waals surface area contributed by atoms with Crippen molar-refractivity contribution in [3.63, 3.8) is 0 Å². The molecule has 0 spiro atoms. The maximum atomic E-state index is 12.4. The maximum absolute atomic E-state index is 12.4. The Balaban J connectivity index is 1.46. The van der Waals surface area contributed by atoms with E-state index >= 15 is 0 Å². The Labute approximate surface area is 153 Å². The Hall–Kier alpha value is -2.86. The number of hydrogen-bond acceptors (Lipinski definition) is 3. The molecule has 0 saturated carbocycles. The third kappa shape index (κ3) is 5.07. The van der Waals surface area contributed by atoms with Crippen molar-refractivity contribution < 1.29 is 14.4 Å². The van der Waals surface area contributed by atoms with Crippen molar-refractivity contribution in [3.05, 3.63) is 66.2 Å². The highest BCUT2D eigenvalue weighted by molar-refractivity contribution is 5.90. The van der Waals surface area contributed by atoms with Crippen LogP contribution in [0.15, 0.2) is 60.7 Å². The summed E-state index contributed by atoms with van der Waals surface area (Å²) in [7, 11) is 0. The van der Waals surface area contributed by atoms with Gasteiger partial charge in [-0.3, -0.25) is 9.63 Å². The molecule has 6 heteroatoms. The molecule has 1 heterocycles. The minimum absolute atomic E-state index is 0.182. The lowest BCUT2D eigenvalue weighted by Crippen LogP contribution is -2.46. The Morgan fingerprint density at radius 1 is 1.04 bits per heavy atom. The zero-order valence-corrected chi connectivity index (χ0v) is 14.6. The van der Waals surface area contributed by atoms with Crippen LogP contribution in [0.5, 0.6) is 0 Å². The van der Waals surface area contributed by atoms with E-state index in [0.29, 0.717) is 19.7 Å². The summed E-state index contributed by atoms with van der Waals surface area (Å²) in [6.45, 7) is 1.35. The van der Waals surface area contributed by atoms with Crippen molar-refractivity contribution in [1.82, 2.24) is 10.4 Å². The molecule has 0 bridgehead atoms. The molecule has 1 aliphatic heterocycles. The number of benzene rings is 2. The maximum Gasteiger partial charge on any atom is 0.321 e. The monoisotopic (exact) mass is 353 g/mol. The fourth-order valence-corrected chi connectivity index (χ4v) is 2.95. The zero-order valence-electron chi connectivity index (χ0n) is 14.6. The summed E-state index contributed by atoms with van der Waals surface area (Å²) in [5, 5.41) is 2.86. The summed E-state index contributed by atoms with van der Waals surface area (Å²) in [5.41, 5.74) is 4.24. The van der Waals surface area contributed by atoms with Crippen LogP contribution >= 0.6 is 0 Å². The minimum atomic E-state index is -0.263. The van der Waals surface area contributed by atoms with Gasteiger partial charge in [-0.1, -0.05) is 48.5 Å². The number of urea groups is 1. The third-order valence-corrected chi connectivity index (χ3v) is 4.36. The van der Waals surface area contributed by atoms with Crippen LogP contribution in [0.2, 0.25) is 0 Å². The predicted molar refractivity (Wildman–Crippen MR) is 99.1 cm³/mol. The topological polar surface area (TPSA) is 70.7 Å². The SMILES string of the molecule is O=C(NOCc1ccccc1)C1CCCN(C(=O)Nc2ccccc2)C1. The second-order valence-electron chi connectivity index (χ2n) is 6.32. The van der Waals surface area contributed by atoms with Crippen LogP contribution in [-0.4, -0.2) is 29.9 Å². The van der Waals surface area contributed by atoms with Gasteiger partial charge >= 0.3 is 6.03 Å². The summed E-state index contributed by atoms with van der Waals surface area (Å²) < 4.78 is 0. The molecule has 1 aliphatic rings. The molecule has 2 aromatic carbocycles. The predicted octanol–water partition coefficient (Wildman–Crippen LogP) is 3.18. The number of anilines is 1. The van der Waals surface area contributed by atoms with E-state index in [-0.39, 0.29) is 17.9 Å². The molecule has 6 nitrogen and oxygen atoms in total. The van der Waals surface area contributed by atoms with Crippen molar-refractivity contribution in [2.45, 2.75) is 19.4 Å². The third-order valence-electron chi connectivity index (χ3n) is 4.36. The number of nitrogens with zero attached hydrogens (tertiary/aromatic N) is 1. The van der Waals surface area contributed by atoms with E-state index < -0.39 is 0 Å². The highest BCUT2D eigenvalue weighted by Crippen LogP contribution is 2.18. The molecular formula is C20H23N3O3. The van der Waals surface area contributed by atoms with Gasteiger partial charge in [0, 0.05) is 18.8 Å². The summed E-state index contributed by atoms with van der Waals surface area (Å²) in [6.07, 6.45) is 1.54. The second-order valence-corrected chi connectivity index (χ2v) is 6.32. The number of likely N-dealkylation sites (tertiary alicyclic amines) is 1. The van der Waals surface area contributed by atoms with Crippen molar-refractivity contribution in [2.24, 2.45) is 5.92 Å². The van der Waals surface area contributed by atoms with Crippen LogP contribution in [0.25, 0.3) is 0 Å². The quantitative estimate of drug-likeness (QED) is 0.811. The molecule has 2 N–H and O–H groups in total. The molecule has 0 radical (unpaired) electrons. The van der Waals surface area contributed by atoms with Gasteiger partial charge < -0.3 is 10.2 Å². The molecular weight excluding hydrogens is 330 g/mol. The number of amides is 3. The largest absolute Gasteiger partial charge is 0.324 e. The van der Waals surface area contributed by atoms with Crippen LogP contribution in [0.4, 0.5) is 10.5 Å². The lowest BCUT2D eigenvalue weighted by atomic mass is 9.98. The fourth-order valence-electron chi connectivity index (χ4n) is 2.95.